The molecule has 1 aliphatic heterocycles. The van der Waals surface area contributed by atoms with E-state index in [-0.39, 0.29) is 11.8 Å². The Morgan fingerprint density at radius 2 is 2.18 bits per heavy atom. The van der Waals surface area contributed by atoms with Crippen molar-refractivity contribution in [3.05, 3.63) is 27.2 Å². The van der Waals surface area contributed by atoms with E-state index in [0.29, 0.717) is 5.02 Å². The van der Waals surface area contributed by atoms with Gasteiger partial charge in [0.1, 0.15) is 0 Å². The molecule has 1 heterocycles. The Kier molecular flexibility index (Phi) is 3.79. The first-order valence-electron chi connectivity index (χ1n) is 5.80. The summed E-state index contributed by atoms with van der Waals surface area (Å²) in [5.74, 6) is 0.149. The molecule has 1 amide bonds. The minimum absolute atomic E-state index is 0.000614. The molecular weight excluding hydrogens is 302 g/mol. The standard InChI is InChI=1S/C13H15BrClNO/c1-8(2)13(17)16-5-3-4-9-6-10(14)7-11(15)12(9)16/h6-8H,3-5H2,1-2H3. The molecule has 92 valence electrons. The van der Waals surface area contributed by atoms with Crippen LogP contribution in [0.25, 0.3) is 0 Å². The quantitative estimate of drug-likeness (QED) is 0.766. The maximum Gasteiger partial charge on any atom is 0.229 e. The van der Waals surface area contributed by atoms with E-state index in [1.54, 1.807) is 0 Å². The van der Waals surface area contributed by atoms with Gasteiger partial charge >= 0.3 is 0 Å². The van der Waals surface area contributed by atoms with Crippen molar-refractivity contribution in [3.63, 3.8) is 0 Å². The van der Waals surface area contributed by atoms with Gasteiger partial charge in [-0.2, -0.15) is 0 Å². The highest BCUT2D eigenvalue weighted by Gasteiger charge is 2.26. The van der Waals surface area contributed by atoms with Gasteiger partial charge in [0.15, 0.2) is 0 Å². The van der Waals surface area contributed by atoms with Crippen LogP contribution in [0.5, 0.6) is 0 Å². The number of fused-ring (bicyclic) bond motifs is 1. The Morgan fingerprint density at radius 1 is 1.47 bits per heavy atom. The number of carbonyl (C=O) groups excluding carboxylic acids is 1. The molecular formula is C13H15BrClNO. The summed E-state index contributed by atoms with van der Waals surface area (Å²) < 4.78 is 0.972. The van der Waals surface area contributed by atoms with Crippen LogP contribution in [-0.4, -0.2) is 12.5 Å². The van der Waals surface area contributed by atoms with Gasteiger partial charge in [-0.3, -0.25) is 4.79 Å². The number of amides is 1. The molecule has 0 unspecified atom stereocenters. The van der Waals surface area contributed by atoms with Gasteiger partial charge < -0.3 is 4.90 Å². The van der Waals surface area contributed by atoms with Crippen molar-refractivity contribution in [2.45, 2.75) is 26.7 Å². The third-order valence-corrected chi connectivity index (χ3v) is 3.71. The predicted octanol–water partition coefficient (Wildman–Crippen LogP) is 4.04. The lowest BCUT2D eigenvalue weighted by molar-refractivity contribution is -0.121. The summed E-state index contributed by atoms with van der Waals surface area (Å²) in [5, 5.41) is 0.656. The van der Waals surface area contributed by atoms with E-state index in [0.717, 1.165) is 35.1 Å². The lowest BCUT2D eigenvalue weighted by atomic mass is 10.00. The molecule has 2 nitrogen and oxygen atoms in total. The molecule has 1 aromatic rings. The number of carbonyl (C=O) groups is 1. The number of anilines is 1. The average Bonchev–Trinajstić information content (AvgIpc) is 2.26. The zero-order chi connectivity index (χ0) is 12.6. The fraction of sp³-hybridized carbons (Fsp3) is 0.462. The third-order valence-electron chi connectivity index (χ3n) is 2.96. The number of nitrogens with zero attached hydrogens (tertiary/aromatic N) is 1. The summed E-state index contributed by atoms with van der Waals surface area (Å²) in [6.45, 7) is 4.61. The molecule has 0 spiro atoms. The zero-order valence-corrected chi connectivity index (χ0v) is 12.3. The molecule has 17 heavy (non-hydrogen) atoms. The van der Waals surface area contributed by atoms with Crippen LogP contribution in [0.3, 0.4) is 0 Å². The summed E-state index contributed by atoms with van der Waals surface area (Å²) in [6, 6.07) is 3.91. The van der Waals surface area contributed by atoms with E-state index in [2.05, 4.69) is 22.0 Å². The van der Waals surface area contributed by atoms with Crippen LogP contribution in [0, 0.1) is 5.92 Å². The van der Waals surface area contributed by atoms with Crippen LogP contribution < -0.4 is 4.90 Å². The Balaban J connectivity index is 2.47. The minimum atomic E-state index is 0.000614. The van der Waals surface area contributed by atoms with Crippen LogP contribution in [0.1, 0.15) is 25.8 Å². The maximum atomic E-state index is 12.2. The van der Waals surface area contributed by atoms with Gasteiger partial charge in [0.05, 0.1) is 10.7 Å². The Bertz CT molecular complexity index is 459. The van der Waals surface area contributed by atoms with Crippen molar-refractivity contribution in [2.75, 3.05) is 11.4 Å². The minimum Gasteiger partial charge on any atom is -0.310 e. The van der Waals surface area contributed by atoms with Gasteiger partial charge in [0, 0.05) is 16.9 Å². The van der Waals surface area contributed by atoms with E-state index >= 15 is 0 Å². The van der Waals surface area contributed by atoms with Gasteiger partial charge in [-0.1, -0.05) is 41.4 Å². The SMILES string of the molecule is CC(C)C(=O)N1CCCc2cc(Br)cc(Cl)c21. The highest BCUT2D eigenvalue weighted by molar-refractivity contribution is 9.10. The van der Waals surface area contributed by atoms with Crippen molar-refractivity contribution in [1.29, 1.82) is 0 Å². The average molecular weight is 317 g/mol. The Labute approximate surface area is 115 Å². The third kappa shape index (κ3) is 2.50. The lowest BCUT2D eigenvalue weighted by Crippen LogP contribution is -2.38. The molecule has 4 heteroatoms. The second kappa shape index (κ2) is 4.99. The second-order valence-electron chi connectivity index (χ2n) is 4.64. The molecule has 0 radical (unpaired) electrons. The fourth-order valence-electron chi connectivity index (χ4n) is 2.18. The number of hydrogen-bond donors (Lipinski definition) is 0. The van der Waals surface area contributed by atoms with Crippen LogP contribution in [-0.2, 0) is 11.2 Å². The van der Waals surface area contributed by atoms with E-state index in [4.69, 9.17) is 11.6 Å². The van der Waals surface area contributed by atoms with Crippen molar-refractivity contribution in [1.82, 2.24) is 0 Å². The van der Waals surface area contributed by atoms with Gasteiger partial charge in [-0.05, 0) is 30.5 Å². The monoisotopic (exact) mass is 315 g/mol. The Hall–Kier alpha value is -0.540. The van der Waals surface area contributed by atoms with Crippen molar-refractivity contribution >= 4 is 39.1 Å². The molecule has 0 fully saturated rings. The van der Waals surface area contributed by atoms with Crippen LogP contribution in [0.2, 0.25) is 5.02 Å². The first kappa shape index (κ1) is 12.9. The molecule has 0 saturated carbocycles. The van der Waals surface area contributed by atoms with Gasteiger partial charge in [-0.15, -0.1) is 0 Å². The summed E-state index contributed by atoms with van der Waals surface area (Å²) in [7, 11) is 0. The van der Waals surface area contributed by atoms with Gasteiger partial charge in [-0.25, -0.2) is 0 Å². The molecule has 0 atom stereocenters. The summed E-state index contributed by atoms with van der Waals surface area (Å²) in [5.41, 5.74) is 2.06. The number of benzene rings is 1. The summed E-state index contributed by atoms with van der Waals surface area (Å²) in [4.78, 5) is 14.0. The summed E-state index contributed by atoms with van der Waals surface area (Å²) >= 11 is 9.71. The number of rotatable bonds is 1. The number of halogens is 2. The lowest BCUT2D eigenvalue weighted by Gasteiger charge is -2.31. The molecule has 1 aromatic carbocycles. The fourth-order valence-corrected chi connectivity index (χ4v) is 3.16. The van der Waals surface area contributed by atoms with Crippen molar-refractivity contribution in [3.8, 4) is 0 Å². The topological polar surface area (TPSA) is 20.3 Å². The molecule has 1 aliphatic rings. The molecule has 0 saturated heterocycles. The van der Waals surface area contributed by atoms with Crippen LogP contribution in [0.4, 0.5) is 5.69 Å². The van der Waals surface area contributed by atoms with Crippen molar-refractivity contribution in [2.24, 2.45) is 5.92 Å². The van der Waals surface area contributed by atoms with E-state index in [9.17, 15) is 4.79 Å². The zero-order valence-electron chi connectivity index (χ0n) is 9.96. The van der Waals surface area contributed by atoms with Gasteiger partial charge in [0.25, 0.3) is 0 Å². The van der Waals surface area contributed by atoms with E-state index in [1.807, 2.05) is 24.8 Å². The van der Waals surface area contributed by atoms with Crippen LogP contribution in [0.15, 0.2) is 16.6 Å². The predicted molar refractivity (Wildman–Crippen MR) is 74.7 cm³/mol. The van der Waals surface area contributed by atoms with Crippen molar-refractivity contribution < 1.29 is 4.79 Å². The second-order valence-corrected chi connectivity index (χ2v) is 5.97. The van der Waals surface area contributed by atoms with Crippen LogP contribution >= 0.6 is 27.5 Å². The molecule has 2 rings (SSSR count). The van der Waals surface area contributed by atoms with E-state index < -0.39 is 0 Å². The molecule has 0 aromatic heterocycles. The Morgan fingerprint density at radius 3 is 2.82 bits per heavy atom. The highest BCUT2D eigenvalue weighted by atomic mass is 79.9. The first-order valence-corrected chi connectivity index (χ1v) is 6.97. The molecule has 0 aliphatic carbocycles. The normalized spacial score (nSPS) is 15.0. The largest absolute Gasteiger partial charge is 0.310 e. The maximum absolute atomic E-state index is 12.2. The summed E-state index contributed by atoms with van der Waals surface area (Å²) in [6.07, 6.45) is 1.98. The first-order chi connectivity index (χ1) is 8.00. The number of aryl methyl sites for hydroxylation is 1. The number of hydrogen-bond acceptors (Lipinski definition) is 1. The molecule has 0 N–H and O–H groups in total. The molecule has 0 bridgehead atoms. The van der Waals surface area contributed by atoms with E-state index in [1.165, 1.54) is 0 Å². The van der Waals surface area contributed by atoms with Gasteiger partial charge in [0.2, 0.25) is 5.91 Å². The smallest absolute Gasteiger partial charge is 0.229 e. The highest BCUT2D eigenvalue weighted by Crippen LogP contribution is 2.37.